The summed E-state index contributed by atoms with van der Waals surface area (Å²) in [5.74, 6) is 0. The SMILES string of the molecule is C=C(C)C.C=C(C)C.C=C(C)C=O. The minimum absolute atomic E-state index is 0.574. The van der Waals surface area contributed by atoms with Crippen molar-refractivity contribution < 1.29 is 4.79 Å². The molecule has 0 radical (unpaired) electrons. The van der Waals surface area contributed by atoms with Crippen molar-refractivity contribution in [3.05, 3.63) is 36.5 Å². The Kier molecular flexibility index (Phi) is 18.5. The molecule has 13 heavy (non-hydrogen) atoms. The van der Waals surface area contributed by atoms with Crippen LogP contribution in [-0.2, 0) is 4.79 Å². The Labute approximate surface area is 82.9 Å². The lowest BCUT2D eigenvalue weighted by Crippen LogP contribution is -1.65. The number of rotatable bonds is 1. The van der Waals surface area contributed by atoms with Gasteiger partial charge in [0.05, 0.1) is 0 Å². The van der Waals surface area contributed by atoms with Crippen LogP contribution in [0, 0.1) is 0 Å². The molecule has 0 N–H and O–H groups in total. The first-order valence-corrected chi connectivity index (χ1v) is 4.09. The van der Waals surface area contributed by atoms with Crippen molar-refractivity contribution in [2.75, 3.05) is 0 Å². The van der Waals surface area contributed by atoms with Crippen molar-refractivity contribution >= 4 is 6.29 Å². The average molecular weight is 182 g/mol. The Balaban J connectivity index is -0.000000117. The molecule has 0 bridgehead atoms. The van der Waals surface area contributed by atoms with Gasteiger partial charge < -0.3 is 0 Å². The molecule has 0 saturated carbocycles. The number of hydrogen-bond donors (Lipinski definition) is 0. The van der Waals surface area contributed by atoms with Crippen molar-refractivity contribution in [1.82, 2.24) is 0 Å². The molecule has 0 spiro atoms. The van der Waals surface area contributed by atoms with Crippen molar-refractivity contribution in [2.45, 2.75) is 34.6 Å². The molecule has 0 heterocycles. The first kappa shape index (κ1) is 17.8. The van der Waals surface area contributed by atoms with Crippen LogP contribution in [0.2, 0.25) is 0 Å². The van der Waals surface area contributed by atoms with Gasteiger partial charge in [0.25, 0.3) is 0 Å². The fourth-order valence-corrected chi connectivity index (χ4v) is 0. The topological polar surface area (TPSA) is 17.1 Å². The number of allylic oxidation sites excluding steroid dienone is 3. The van der Waals surface area contributed by atoms with Crippen LogP contribution >= 0.6 is 0 Å². The second-order valence-electron chi connectivity index (χ2n) is 3.38. The van der Waals surface area contributed by atoms with Gasteiger partial charge in [-0.15, -0.1) is 13.2 Å². The quantitative estimate of drug-likeness (QED) is 0.341. The standard InChI is InChI=1S/C4H6O.2C4H8/c1-4(2)3-5;2*1-4(2)3/h3H,1H2,2H3;2*1H2,2-3H3. The maximum atomic E-state index is 9.41. The van der Waals surface area contributed by atoms with Crippen molar-refractivity contribution in [1.29, 1.82) is 0 Å². The summed E-state index contributed by atoms with van der Waals surface area (Å²) in [5, 5.41) is 0. The molecule has 0 rings (SSSR count). The predicted octanol–water partition coefficient (Wildman–Crippen LogP) is 3.93. The van der Waals surface area contributed by atoms with Gasteiger partial charge in [-0.2, -0.15) is 0 Å². The lowest BCUT2D eigenvalue weighted by molar-refractivity contribution is -0.104. The Morgan fingerprint density at radius 3 is 0.923 bits per heavy atom. The van der Waals surface area contributed by atoms with E-state index < -0.39 is 0 Å². The number of hydrogen-bond acceptors (Lipinski definition) is 1. The first-order valence-electron chi connectivity index (χ1n) is 4.09. The third-order valence-electron chi connectivity index (χ3n) is 0.201. The normalized spacial score (nSPS) is 6.54. The zero-order valence-corrected chi connectivity index (χ0v) is 9.61. The van der Waals surface area contributed by atoms with Crippen LogP contribution in [0.1, 0.15) is 34.6 Å². The highest BCUT2D eigenvalue weighted by Crippen LogP contribution is 1.74. The van der Waals surface area contributed by atoms with E-state index in [1.54, 1.807) is 6.92 Å². The largest absolute Gasteiger partial charge is 0.298 e. The van der Waals surface area contributed by atoms with Crippen LogP contribution in [0.3, 0.4) is 0 Å². The molecule has 0 aliphatic heterocycles. The van der Waals surface area contributed by atoms with E-state index in [2.05, 4.69) is 19.7 Å². The molecule has 0 amide bonds. The van der Waals surface area contributed by atoms with E-state index in [1.165, 1.54) is 11.1 Å². The van der Waals surface area contributed by atoms with E-state index in [1.807, 2.05) is 27.7 Å². The smallest absolute Gasteiger partial charge is 0.145 e. The summed E-state index contributed by atoms with van der Waals surface area (Å²) in [6.07, 6.45) is 0.722. The second-order valence-corrected chi connectivity index (χ2v) is 3.38. The zero-order valence-electron chi connectivity index (χ0n) is 9.61. The lowest BCUT2D eigenvalue weighted by atomic mass is 10.4. The molecule has 1 nitrogen and oxygen atoms in total. The first-order chi connectivity index (χ1) is 5.73. The monoisotopic (exact) mass is 182 g/mol. The molecule has 0 saturated heterocycles. The van der Waals surface area contributed by atoms with Gasteiger partial charge in [0, 0.05) is 0 Å². The summed E-state index contributed by atoms with van der Waals surface area (Å²) in [4.78, 5) is 9.41. The molecule has 0 aliphatic carbocycles. The van der Waals surface area contributed by atoms with Crippen LogP contribution in [0.25, 0.3) is 0 Å². The maximum Gasteiger partial charge on any atom is 0.145 e. The minimum atomic E-state index is 0.574. The van der Waals surface area contributed by atoms with Gasteiger partial charge >= 0.3 is 0 Å². The Hall–Kier alpha value is -1.11. The molecular weight excluding hydrogens is 160 g/mol. The highest BCUT2D eigenvalue weighted by Gasteiger charge is 1.66. The van der Waals surface area contributed by atoms with Crippen molar-refractivity contribution in [3.8, 4) is 0 Å². The minimum Gasteiger partial charge on any atom is -0.298 e. The summed E-state index contributed by atoms with van der Waals surface area (Å²) in [6.45, 7) is 20.0. The van der Waals surface area contributed by atoms with Crippen LogP contribution < -0.4 is 0 Å². The predicted molar refractivity (Wildman–Crippen MR) is 61.9 cm³/mol. The van der Waals surface area contributed by atoms with Gasteiger partial charge in [0.2, 0.25) is 0 Å². The van der Waals surface area contributed by atoms with E-state index in [9.17, 15) is 4.79 Å². The average Bonchev–Trinajstić information content (AvgIpc) is 1.84. The highest BCUT2D eigenvalue weighted by atomic mass is 16.1. The molecule has 0 atom stereocenters. The third kappa shape index (κ3) is 1090. The molecule has 0 aromatic heterocycles. The maximum absolute atomic E-state index is 9.41. The summed E-state index contributed by atoms with van der Waals surface area (Å²) in [7, 11) is 0. The van der Waals surface area contributed by atoms with Gasteiger partial charge in [0.1, 0.15) is 6.29 Å². The second kappa shape index (κ2) is 13.5. The van der Waals surface area contributed by atoms with Crippen molar-refractivity contribution in [2.24, 2.45) is 0 Å². The molecule has 0 aromatic carbocycles. The van der Waals surface area contributed by atoms with Crippen LogP contribution in [0.4, 0.5) is 0 Å². The molecule has 0 unspecified atom stereocenters. The molecule has 0 fully saturated rings. The zero-order chi connectivity index (χ0) is 11.4. The Morgan fingerprint density at radius 2 is 0.923 bits per heavy atom. The van der Waals surface area contributed by atoms with Gasteiger partial charge in [-0.3, -0.25) is 4.79 Å². The van der Waals surface area contributed by atoms with Gasteiger partial charge in [-0.25, -0.2) is 0 Å². The van der Waals surface area contributed by atoms with Crippen LogP contribution in [0.5, 0.6) is 0 Å². The summed E-state index contributed by atoms with van der Waals surface area (Å²) in [5.41, 5.74) is 2.91. The fraction of sp³-hybridized carbons (Fsp3) is 0.417. The number of carbonyl (C=O) groups is 1. The Morgan fingerprint density at radius 1 is 0.846 bits per heavy atom. The number of carbonyl (C=O) groups excluding carboxylic acids is 1. The molecule has 0 aliphatic rings. The Bertz CT molecular complexity index is 156. The van der Waals surface area contributed by atoms with Gasteiger partial charge in [0.15, 0.2) is 0 Å². The lowest BCUT2D eigenvalue weighted by Gasteiger charge is -1.65. The molecule has 1 heteroatoms. The molecule has 0 aromatic rings. The van der Waals surface area contributed by atoms with Crippen LogP contribution in [0.15, 0.2) is 36.5 Å². The van der Waals surface area contributed by atoms with E-state index >= 15 is 0 Å². The van der Waals surface area contributed by atoms with E-state index in [0.717, 1.165) is 6.29 Å². The van der Waals surface area contributed by atoms with E-state index in [-0.39, 0.29) is 0 Å². The molecule has 76 valence electrons. The summed E-state index contributed by atoms with van der Waals surface area (Å²) < 4.78 is 0. The summed E-state index contributed by atoms with van der Waals surface area (Å²) in [6, 6.07) is 0. The van der Waals surface area contributed by atoms with E-state index in [0.29, 0.717) is 5.57 Å². The fourth-order valence-electron chi connectivity index (χ4n) is 0. The molecular formula is C12H22O. The van der Waals surface area contributed by atoms with E-state index in [4.69, 9.17) is 0 Å². The third-order valence-corrected chi connectivity index (χ3v) is 0.201. The summed E-state index contributed by atoms with van der Waals surface area (Å²) >= 11 is 0. The van der Waals surface area contributed by atoms with Crippen LogP contribution in [-0.4, -0.2) is 6.29 Å². The number of aldehydes is 1. The van der Waals surface area contributed by atoms with Gasteiger partial charge in [-0.1, -0.05) is 17.7 Å². The van der Waals surface area contributed by atoms with Gasteiger partial charge in [-0.05, 0) is 40.2 Å². The van der Waals surface area contributed by atoms with Crippen molar-refractivity contribution in [3.63, 3.8) is 0 Å². The highest BCUT2D eigenvalue weighted by molar-refractivity contribution is 5.70.